The topological polar surface area (TPSA) is 38.3 Å². The minimum Gasteiger partial charge on any atom is -0.484 e. The first kappa shape index (κ1) is 17.8. The quantitative estimate of drug-likeness (QED) is 0.832. The van der Waals surface area contributed by atoms with E-state index in [9.17, 15) is 22.4 Å². The molecule has 2 rings (SSSR count). The Morgan fingerprint density at radius 2 is 1.75 bits per heavy atom. The Kier molecular flexibility index (Phi) is 5.43. The highest BCUT2D eigenvalue weighted by Gasteiger charge is 2.30. The SMILES string of the molecule is CC(NC(=O)COc1ccc(C(F)(F)F)cc1)c1ccccc1F. The summed E-state index contributed by atoms with van der Waals surface area (Å²) in [7, 11) is 0. The number of nitrogens with one attached hydrogen (secondary N) is 1. The predicted molar refractivity (Wildman–Crippen MR) is 79.9 cm³/mol. The van der Waals surface area contributed by atoms with Crippen molar-refractivity contribution in [3.8, 4) is 5.75 Å². The first-order valence-corrected chi connectivity index (χ1v) is 7.11. The van der Waals surface area contributed by atoms with E-state index in [0.717, 1.165) is 24.3 Å². The minimum atomic E-state index is -4.43. The van der Waals surface area contributed by atoms with Crippen LogP contribution in [0.1, 0.15) is 24.1 Å². The molecule has 7 heteroatoms. The smallest absolute Gasteiger partial charge is 0.416 e. The van der Waals surface area contributed by atoms with Crippen LogP contribution >= 0.6 is 0 Å². The molecule has 24 heavy (non-hydrogen) atoms. The zero-order valence-electron chi connectivity index (χ0n) is 12.7. The van der Waals surface area contributed by atoms with Crippen LogP contribution in [-0.2, 0) is 11.0 Å². The second-order valence-electron chi connectivity index (χ2n) is 5.12. The molecule has 0 heterocycles. The van der Waals surface area contributed by atoms with Gasteiger partial charge in [0.25, 0.3) is 5.91 Å². The molecule has 0 aliphatic heterocycles. The molecule has 0 aliphatic carbocycles. The van der Waals surface area contributed by atoms with Crippen LogP contribution in [-0.4, -0.2) is 12.5 Å². The van der Waals surface area contributed by atoms with Crippen molar-refractivity contribution in [2.24, 2.45) is 0 Å². The van der Waals surface area contributed by atoms with E-state index in [0.29, 0.717) is 5.56 Å². The third-order valence-corrected chi connectivity index (χ3v) is 3.30. The third kappa shape index (κ3) is 4.71. The van der Waals surface area contributed by atoms with E-state index in [-0.39, 0.29) is 12.4 Å². The maximum atomic E-state index is 13.6. The lowest BCUT2D eigenvalue weighted by Crippen LogP contribution is -2.31. The molecule has 128 valence electrons. The molecule has 0 aliphatic rings. The van der Waals surface area contributed by atoms with Crippen LogP contribution in [0.3, 0.4) is 0 Å². The summed E-state index contributed by atoms with van der Waals surface area (Å²) in [5, 5.41) is 2.56. The second-order valence-corrected chi connectivity index (χ2v) is 5.12. The summed E-state index contributed by atoms with van der Waals surface area (Å²) in [4.78, 5) is 11.8. The van der Waals surface area contributed by atoms with Gasteiger partial charge in [-0.05, 0) is 37.3 Å². The van der Waals surface area contributed by atoms with Gasteiger partial charge in [0.1, 0.15) is 11.6 Å². The van der Waals surface area contributed by atoms with Crippen LogP contribution in [0, 0.1) is 5.82 Å². The number of amides is 1. The zero-order chi connectivity index (χ0) is 17.7. The van der Waals surface area contributed by atoms with Gasteiger partial charge in [-0.3, -0.25) is 4.79 Å². The van der Waals surface area contributed by atoms with E-state index in [1.165, 1.54) is 6.07 Å². The average Bonchev–Trinajstić information content (AvgIpc) is 2.53. The van der Waals surface area contributed by atoms with Crippen LogP contribution in [0.4, 0.5) is 17.6 Å². The van der Waals surface area contributed by atoms with Gasteiger partial charge >= 0.3 is 6.18 Å². The Balaban J connectivity index is 1.88. The fourth-order valence-corrected chi connectivity index (χ4v) is 2.08. The van der Waals surface area contributed by atoms with E-state index in [2.05, 4.69) is 5.32 Å². The Labute approximate surface area is 136 Å². The van der Waals surface area contributed by atoms with Crippen molar-refractivity contribution >= 4 is 5.91 Å². The summed E-state index contributed by atoms with van der Waals surface area (Å²) in [6.07, 6.45) is -4.43. The standard InChI is InChI=1S/C17H15F4NO2/c1-11(14-4-2-3-5-15(14)18)22-16(23)10-24-13-8-6-12(7-9-13)17(19,20)21/h2-9,11H,10H2,1H3,(H,22,23). The Morgan fingerprint density at radius 3 is 2.33 bits per heavy atom. The van der Waals surface area contributed by atoms with E-state index < -0.39 is 29.5 Å². The molecule has 0 fully saturated rings. The van der Waals surface area contributed by atoms with Gasteiger partial charge in [0, 0.05) is 5.56 Å². The summed E-state index contributed by atoms with van der Waals surface area (Å²) < 4.78 is 56.0. The molecule has 0 bridgehead atoms. The van der Waals surface area contributed by atoms with E-state index in [1.54, 1.807) is 25.1 Å². The van der Waals surface area contributed by atoms with Gasteiger partial charge in [0.05, 0.1) is 11.6 Å². The maximum absolute atomic E-state index is 13.6. The molecule has 1 atom stereocenters. The van der Waals surface area contributed by atoms with E-state index >= 15 is 0 Å². The normalized spacial score (nSPS) is 12.5. The van der Waals surface area contributed by atoms with Crippen molar-refractivity contribution in [2.45, 2.75) is 19.1 Å². The lowest BCUT2D eigenvalue weighted by molar-refractivity contribution is -0.137. The van der Waals surface area contributed by atoms with Crippen LogP contribution < -0.4 is 10.1 Å². The summed E-state index contributed by atoms with van der Waals surface area (Å²) in [6.45, 7) is 1.23. The van der Waals surface area contributed by atoms with Crippen LogP contribution in [0.2, 0.25) is 0 Å². The van der Waals surface area contributed by atoms with E-state index in [4.69, 9.17) is 4.74 Å². The van der Waals surface area contributed by atoms with Crippen LogP contribution in [0.15, 0.2) is 48.5 Å². The van der Waals surface area contributed by atoms with Crippen LogP contribution in [0.25, 0.3) is 0 Å². The molecule has 1 amide bonds. The first-order chi connectivity index (χ1) is 11.3. The van der Waals surface area contributed by atoms with Crippen molar-refractivity contribution in [3.05, 3.63) is 65.5 Å². The summed E-state index contributed by atoms with van der Waals surface area (Å²) in [5.41, 5.74) is -0.465. The van der Waals surface area contributed by atoms with Crippen molar-refractivity contribution in [1.29, 1.82) is 0 Å². The Morgan fingerprint density at radius 1 is 1.12 bits per heavy atom. The summed E-state index contributed by atoms with van der Waals surface area (Å²) >= 11 is 0. The van der Waals surface area contributed by atoms with Gasteiger partial charge in [0.2, 0.25) is 0 Å². The fourth-order valence-electron chi connectivity index (χ4n) is 2.08. The van der Waals surface area contributed by atoms with E-state index in [1.807, 2.05) is 0 Å². The predicted octanol–water partition coefficient (Wildman–Crippen LogP) is 4.10. The monoisotopic (exact) mass is 341 g/mol. The summed E-state index contributed by atoms with van der Waals surface area (Å²) in [5.74, 6) is -0.809. The van der Waals surface area contributed by atoms with Gasteiger partial charge in [-0.1, -0.05) is 18.2 Å². The third-order valence-electron chi connectivity index (χ3n) is 3.30. The lowest BCUT2D eigenvalue weighted by Gasteiger charge is -2.15. The molecule has 2 aromatic carbocycles. The Bertz CT molecular complexity index is 698. The number of halogens is 4. The summed E-state index contributed by atoms with van der Waals surface area (Å²) in [6, 6.07) is 9.49. The van der Waals surface area contributed by atoms with Gasteiger partial charge < -0.3 is 10.1 Å². The molecular formula is C17H15F4NO2. The second kappa shape index (κ2) is 7.33. The number of alkyl halides is 3. The first-order valence-electron chi connectivity index (χ1n) is 7.11. The maximum Gasteiger partial charge on any atom is 0.416 e. The van der Waals surface area contributed by atoms with Crippen molar-refractivity contribution in [2.75, 3.05) is 6.61 Å². The number of carbonyl (C=O) groups is 1. The molecule has 1 N–H and O–H groups in total. The number of hydrogen-bond donors (Lipinski definition) is 1. The van der Waals surface area contributed by atoms with Gasteiger partial charge in [-0.15, -0.1) is 0 Å². The molecular weight excluding hydrogens is 326 g/mol. The molecule has 0 saturated heterocycles. The molecule has 1 unspecified atom stereocenters. The van der Waals surface area contributed by atoms with Gasteiger partial charge in [0.15, 0.2) is 6.61 Å². The van der Waals surface area contributed by atoms with Gasteiger partial charge in [-0.2, -0.15) is 13.2 Å². The molecule has 0 saturated carbocycles. The number of rotatable bonds is 5. The van der Waals surface area contributed by atoms with Gasteiger partial charge in [-0.25, -0.2) is 4.39 Å². The van der Waals surface area contributed by atoms with Crippen molar-refractivity contribution in [3.63, 3.8) is 0 Å². The number of benzene rings is 2. The van der Waals surface area contributed by atoms with Crippen LogP contribution in [0.5, 0.6) is 5.75 Å². The largest absolute Gasteiger partial charge is 0.484 e. The molecule has 0 spiro atoms. The molecule has 0 radical (unpaired) electrons. The molecule has 2 aromatic rings. The number of ether oxygens (including phenoxy) is 1. The highest BCUT2D eigenvalue weighted by molar-refractivity contribution is 5.78. The fraction of sp³-hybridized carbons (Fsp3) is 0.235. The zero-order valence-corrected chi connectivity index (χ0v) is 12.7. The number of carbonyl (C=O) groups excluding carboxylic acids is 1. The average molecular weight is 341 g/mol. The minimum absolute atomic E-state index is 0.136. The van der Waals surface area contributed by atoms with Crippen molar-refractivity contribution in [1.82, 2.24) is 5.32 Å². The van der Waals surface area contributed by atoms with Crippen molar-refractivity contribution < 1.29 is 27.1 Å². The number of hydrogen-bond acceptors (Lipinski definition) is 2. The highest BCUT2D eigenvalue weighted by atomic mass is 19.4. The lowest BCUT2D eigenvalue weighted by atomic mass is 10.1. The highest BCUT2D eigenvalue weighted by Crippen LogP contribution is 2.30. The molecule has 3 nitrogen and oxygen atoms in total. The Hall–Kier alpha value is -2.57. The molecule has 0 aromatic heterocycles.